The molecule has 0 saturated carbocycles. The molecule has 1 aromatic heterocycles. The van der Waals surface area contributed by atoms with Crippen LogP contribution in [0, 0.1) is 0 Å². The number of fused-ring (bicyclic) bond motifs is 1. The Labute approximate surface area is 202 Å². The Hall–Kier alpha value is -3.99. The van der Waals surface area contributed by atoms with E-state index in [0.717, 1.165) is 21.5 Å². The van der Waals surface area contributed by atoms with Crippen molar-refractivity contribution < 1.29 is 19.5 Å². The van der Waals surface area contributed by atoms with Crippen molar-refractivity contribution in [2.75, 3.05) is 19.6 Å². The maximum atomic E-state index is 13.2. The molecule has 0 spiro atoms. The average molecular weight is 480 g/mol. The van der Waals surface area contributed by atoms with Crippen molar-refractivity contribution >= 4 is 28.9 Å². The van der Waals surface area contributed by atoms with Crippen molar-refractivity contribution in [3.8, 4) is 0 Å². The fourth-order valence-electron chi connectivity index (χ4n) is 4.25. The van der Waals surface area contributed by atoms with Crippen LogP contribution in [0.4, 0.5) is 4.79 Å². The van der Waals surface area contributed by atoms with E-state index < -0.39 is 24.1 Å². The first-order valence-electron chi connectivity index (χ1n) is 11.5. The molecule has 184 valence electrons. The molecule has 11 nitrogen and oxygen atoms in total. The first-order valence-corrected chi connectivity index (χ1v) is 11.5. The summed E-state index contributed by atoms with van der Waals surface area (Å²) >= 11 is 0. The summed E-state index contributed by atoms with van der Waals surface area (Å²) in [5, 5.41) is 20.3. The number of nitrogens with two attached hydrogens (primary N) is 1. The van der Waals surface area contributed by atoms with Crippen molar-refractivity contribution in [3.63, 3.8) is 0 Å². The van der Waals surface area contributed by atoms with E-state index in [4.69, 9.17) is 5.73 Å². The molecule has 0 unspecified atom stereocenters. The van der Waals surface area contributed by atoms with E-state index >= 15 is 0 Å². The fourth-order valence-corrected chi connectivity index (χ4v) is 4.25. The zero-order valence-electron chi connectivity index (χ0n) is 19.5. The Kier molecular flexibility index (Phi) is 7.25. The number of carbonyl (C=O) groups is 3. The number of benzene rings is 2. The van der Waals surface area contributed by atoms with Crippen LogP contribution in [0.5, 0.6) is 0 Å². The largest absolute Gasteiger partial charge is 0.465 e. The second-order valence-corrected chi connectivity index (χ2v) is 8.66. The van der Waals surface area contributed by atoms with Gasteiger partial charge in [0.1, 0.15) is 11.6 Å². The molecule has 0 radical (unpaired) electrons. The predicted molar refractivity (Wildman–Crippen MR) is 128 cm³/mol. The molecule has 0 aliphatic carbocycles. The molecular formula is C24H29N7O4. The van der Waals surface area contributed by atoms with E-state index in [0.29, 0.717) is 18.4 Å². The van der Waals surface area contributed by atoms with Gasteiger partial charge in [-0.25, -0.2) is 9.48 Å². The van der Waals surface area contributed by atoms with E-state index in [1.54, 1.807) is 11.7 Å². The molecule has 1 aliphatic heterocycles. The van der Waals surface area contributed by atoms with Crippen LogP contribution in [0.15, 0.2) is 48.5 Å². The molecule has 2 heterocycles. The number of hydrogen-bond acceptors (Lipinski definition) is 6. The first kappa shape index (κ1) is 24.1. The summed E-state index contributed by atoms with van der Waals surface area (Å²) in [6.45, 7) is 0.325. The monoisotopic (exact) mass is 479 g/mol. The molecule has 3 amide bonds. The van der Waals surface area contributed by atoms with Gasteiger partial charge >= 0.3 is 6.09 Å². The second kappa shape index (κ2) is 10.5. The highest BCUT2D eigenvalue weighted by Gasteiger charge is 2.38. The summed E-state index contributed by atoms with van der Waals surface area (Å²) in [5.41, 5.74) is 9.66. The average Bonchev–Trinajstić information content (AvgIpc) is 3.25. The van der Waals surface area contributed by atoms with Crippen LogP contribution in [-0.4, -0.2) is 79.5 Å². The van der Waals surface area contributed by atoms with E-state index in [2.05, 4.69) is 15.6 Å². The number of rotatable bonds is 7. The first-order chi connectivity index (χ1) is 16.8. The summed E-state index contributed by atoms with van der Waals surface area (Å²) in [7, 11) is 1.80. The van der Waals surface area contributed by atoms with Crippen molar-refractivity contribution in [1.82, 2.24) is 30.1 Å². The maximum absolute atomic E-state index is 13.2. The van der Waals surface area contributed by atoms with Gasteiger partial charge in [0.2, 0.25) is 11.8 Å². The molecule has 2 atom stereocenters. The van der Waals surface area contributed by atoms with Gasteiger partial charge in [0.15, 0.2) is 0 Å². The standard InChI is InChI=1S/C24H29N7O4/c1-29-20-10-8-17(13-19(20)27-28-29)14-26-22(32)21-15-30(24(34)35)11-12-31(21)23(33)18(25)9-7-16-5-3-2-4-6-16/h2-6,8,10,13,18,21H,7,9,11-12,14-15,25H2,1H3,(H,26,32)(H,34,35)/t18-,21+/m1/s1. The van der Waals surface area contributed by atoms with Crippen molar-refractivity contribution in [2.24, 2.45) is 12.8 Å². The number of carbonyl (C=O) groups excluding carboxylic acids is 2. The molecule has 0 bridgehead atoms. The van der Waals surface area contributed by atoms with Crippen LogP contribution in [-0.2, 0) is 29.6 Å². The Bertz CT molecular complexity index is 1210. The molecule has 4 N–H and O–H groups in total. The quantitative estimate of drug-likeness (QED) is 0.453. The van der Waals surface area contributed by atoms with Crippen molar-refractivity contribution in [1.29, 1.82) is 0 Å². The molecule has 11 heteroatoms. The number of carboxylic acid groups (broad SMARTS) is 1. The minimum absolute atomic E-state index is 0.105. The predicted octanol–water partition coefficient (Wildman–Crippen LogP) is 0.735. The number of amides is 3. The topological polar surface area (TPSA) is 147 Å². The van der Waals surface area contributed by atoms with E-state index in [-0.39, 0.29) is 32.1 Å². The third kappa shape index (κ3) is 5.57. The Morgan fingerprint density at radius 1 is 1.14 bits per heavy atom. The van der Waals surface area contributed by atoms with E-state index in [1.807, 2.05) is 48.5 Å². The minimum atomic E-state index is -1.13. The Morgan fingerprint density at radius 3 is 2.66 bits per heavy atom. The number of hydrogen-bond donors (Lipinski definition) is 3. The molecule has 2 aromatic carbocycles. The van der Waals surface area contributed by atoms with Crippen LogP contribution in [0.25, 0.3) is 11.0 Å². The summed E-state index contributed by atoms with van der Waals surface area (Å²) in [4.78, 5) is 40.4. The van der Waals surface area contributed by atoms with Crippen LogP contribution >= 0.6 is 0 Å². The van der Waals surface area contributed by atoms with Crippen molar-refractivity contribution in [2.45, 2.75) is 31.5 Å². The highest BCUT2D eigenvalue weighted by Crippen LogP contribution is 2.16. The second-order valence-electron chi connectivity index (χ2n) is 8.66. The third-order valence-corrected chi connectivity index (χ3v) is 6.28. The van der Waals surface area contributed by atoms with Gasteiger partial charge in [-0.3, -0.25) is 9.59 Å². The smallest absolute Gasteiger partial charge is 0.407 e. The summed E-state index contributed by atoms with van der Waals surface area (Å²) in [6.07, 6.45) is -0.0738. The highest BCUT2D eigenvalue weighted by molar-refractivity contribution is 5.90. The van der Waals surface area contributed by atoms with Gasteiger partial charge in [-0.1, -0.05) is 41.6 Å². The normalized spacial score (nSPS) is 16.8. The molecule has 1 aliphatic rings. The van der Waals surface area contributed by atoms with Crippen molar-refractivity contribution in [3.05, 3.63) is 59.7 Å². The zero-order chi connectivity index (χ0) is 24.9. The minimum Gasteiger partial charge on any atom is -0.465 e. The van der Waals surface area contributed by atoms with Crippen LogP contribution < -0.4 is 11.1 Å². The third-order valence-electron chi connectivity index (χ3n) is 6.28. The number of piperazine rings is 1. The zero-order valence-corrected chi connectivity index (χ0v) is 19.5. The van der Waals surface area contributed by atoms with Gasteiger partial charge < -0.3 is 26.0 Å². The van der Waals surface area contributed by atoms with Crippen LogP contribution in [0.1, 0.15) is 17.5 Å². The van der Waals surface area contributed by atoms with Crippen LogP contribution in [0.2, 0.25) is 0 Å². The van der Waals surface area contributed by atoms with Gasteiger partial charge in [-0.2, -0.15) is 0 Å². The summed E-state index contributed by atoms with van der Waals surface area (Å²) < 4.78 is 1.66. The lowest BCUT2D eigenvalue weighted by Crippen LogP contribution is -2.63. The lowest BCUT2D eigenvalue weighted by molar-refractivity contribution is -0.144. The maximum Gasteiger partial charge on any atom is 0.407 e. The van der Waals surface area contributed by atoms with Gasteiger partial charge in [-0.05, 0) is 36.1 Å². The number of aryl methyl sites for hydroxylation is 2. The van der Waals surface area contributed by atoms with Gasteiger partial charge in [0.05, 0.1) is 18.1 Å². The van der Waals surface area contributed by atoms with E-state index in [1.165, 1.54) is 4.90 Å². The fraction of sp³-hybridized carbons (Fsp3) is 0.375. The molecular weight excluding hydrogens is 450 g/mol. The molecule has 4 rings (SSSR count). The van der Waals surface area contributed by atoms with E-state index in [9.17, 15) is 19.5 Å². The number of aromatic nitrogens is 3. The molecule has 1 fully saturated rings. The van der Waals surface area contributed by atoms with Crippen LogP contribution in [0.3, 0.4) is 0 Å². The summed E-state index contributed by atoms with van der Waals surface area (Å²) in [5.74, 6) is -0.786. The van der Waals surface area contributed by atoms with Gasteiger partial charge in [0.25, 0.3) is 0 Å². The Balaban J connectivity index is 1.42. The SMILES string of the molecule is Cn1nnc2cc(CNC(=O)[C@@H]3CN(C(=O)O)CCN3C(=O)[C@H](N)CCc3ccccc3)ccc21. The lowest BCUT2D eigenvalue weighted by atomic mass is 10.0. The summed E-state index contributed by atoms with van der Waals surface area (Å²) in [6, 6.07) is 13.5. The van der Waals surface area contributed by atoms with Gasteiger partial charge in [0, 0.05) is 26.7 Å². The lowest BCUT2D eigenvalue weighted by Gasteiger charge is -2.40. The highest BCUT2D eigenvalue weighted by atomic mass is 16.4. The molecule has 3 aromatic rings. The molecule has 35 heavy (non-hydrogen) atoms. The Morgan fingerprint density at radius 2 is 1.91 bits per heavy atom. The number of nitrogens with one attached hydrogen (secondary N) is 1. The van der Waals surface area contributed by atoms with Gasteiger partial charge in [-0.15, -0.1) is 5.10 Å². The number of nitrogens with zero attached hydrogens (tertiary/aromatic N) is 5. The molecule has 1 saturated heterocycles.